The topological polar surface area (TPSA) is 73.1 Å². The number of anilines is 3. The van der Waals surface area contributed by atoms with Gasteiger partial charge in [-0.15, -0.1) is 0 Å². The van der Waals surface area contributed by atoms with Crippen LogP contribution in [0.4, 0.5) is 17.2 Å². The summed E-state index contributed by atoms with van der Waals surface area (Å²) in [5.74, 6) is 1.36. The van der Waals surface area contributed by atoms with Crippen LogP contribution in [-0.2, 0) is 0 Å². The van der Waals surface area contributed by atoms with Crippen molar-refractivity contribution in [3.05, 3.63) is 63.9 Å². The van der Waals surface area contributed by atoms with E-state index < -0.39 is 0 Å². The molecule has 0 spiro atoms. The van der Waals surface area contributed by atoms with Gasteiger partial charge in [0.05, 0.1) is 0 Å². The van der Waals surface area contributed by atoms with Crippen molar-refractivity contribution in [2.45, 2.75) is 6.92 Å². The first-order chi connectivity index (χ1) is 11.5. The van der Waals surface area contributed by atoms with Crippen molar-refractivity contribution in [3.8, 4) is 11.6 Å². The molecule has 7 heteroatoms. The Labute approximate surface area is 153 Å². The zero-order chi connectivity index (χ0) is 17.1. The van der Waals surface area contributed by atoms with E-state index in [2.05, 4.69) is 31.2 Å². The Kier molecular flexibility index (Phi) is 4.87. The molecular formula is C17H14BrClN4O. The summed E-state index contributed by atoms with van der Waals surface area (Å²) in [5, 5.41) is 3.83. The number of halogens is 2. The van der Waals surface area contributed by atoms with Crippen molar-refractivity contribution in [1.82, 2.24) is 9.97 Å². The van der Waals surface area contributed by atoms with Gasteiger partial charge in [0.1, 0.15) is 17.8 Å². The van der Waals surface area contributed by atoms with Crippen molar-refractivity contribution >= 4 is 44.7 Å². The number of nitrogens with zero attached hydrogens (tertiary/aromatic N) is 2. The monoisotopic (exact) mass is 404 g/mol. The summed E-state index contributed by atoms with van der Waals surface area (Å²) in [5.41, 5.74) is 8.22. The molecule has 0 saturated heterocycles. The average Bonchev–Trinajstić information content (AvgIpc) is 2.55. The molecule has 0 saturated carbocycles. The zero-order valence-corrected chi connectivity index (χ0v) is 15.1. The van der Waals surface area contributed by atoms with E-state index in [-0.39, 0.29) is 5.88 Å². The molecule has 0 amide bonds. The molecule has 0 aliphatic heterocycles. The number of nitrogens with one attached hydrogen (secondary N) is 1. The number of hydrogen-bond acceptors (Lipinski definition) is 5. The number of aryl methyl sites for hydroxylation is 1. The molecule has 0 fully saturated rings. The van der Waals surface area contributed by atoms with E-state index >= 15 is 0 Å². The molecule has 3 rings (SSSR count). The number of aromatic nitrogens is 2. The van der Waals surface area contributed by atoms with Crippen molar-refractivity contribution in [2.75, 3.05) is 11.1 Å². The van der Waals surface area contributed by atoms with E-state index in [4.69, 9.17) is 22.1 Å². The Bertz CT molecular complexity index is 888. The average molecular weight is 406 g/mol. The van der Waals surface area contributed by atoms with Gasteiger partial charge in [0, 0.05) is 15.2 Å². The van der Waals surface area contributed by atoms with Crippen LogP contribution in [0.2, 0.25) is 5.02 Å². The second-order valence-electron chi connectivity index (χ2n) is 5.09. The molecule has 0 radical (unpaired) electrons. The molecular weight excluding hydrogens is 392 g/mol. The van der Waals surface area contributed by atoms with Gasteiger partial charge in [0.15, 0.2) is 5.82 Å². The van der Waals surface area contributed by atoms with Crippen LogP contribution in [0.3, 0.4) is 0 Å². The number of nitrogen functional groups attached to an aromatic ring is 1. The Morgan fingerprint density at radius 1 is 1.17 bits per heavy atom. The van der Waals surface area contributed by atoms with Crippen LogP contribution in [0.25, 0.3) is 0 Å². The normalized spacial score (nSPS) is 10.5. The van der Waals surface area contributed by atoms with Crippen LogP contribution in [0.15, 0.2) is 53.3 Å². The number of benzene rings is 2. The predicted octanol–water partition coefficient (Wildman–Crippen LogP) is 5.32. The van der Waals surface area contributed by atoms with Crippen molar-refractivity contribution in [3.63, 3.8) is 0 Å². The van der Waals surface area contributed by atoms with Crippen molar-refractivity contribution < 1.29 is 4.74 Å². The highest BCUT2D eigenvalue weighted by molar-refractivity contribution is 9.10. The fourth-order valence-corrected chi connectivity index (χ4v) is 2.57. The zero-order valence-electron chi connectivity index (χ0n) is 12.8. The van der Waals surface area contributed by atoms with Gasteiger partial charge in [-0.05, 0) is 48.9 Å². The number of ether oxygens (including phenoxy) is 1. The predicted molar refractivity (Wildman–Crippen MR) is 100 cm³/mol. The van der Waals surface area contributed by atoms with Crippen LogP contribution in [-0.4, -0.2) is 9.97 Å². The lowest BCUT2D eigenvalue weighted by Gasteiger charge is -2.12. The maximum Gasteiger partial charge on any atom is 0.248 e. The summed E-state index contributed by atoms with van der Waals surface area (Å²) in [4.78, 5) is 8.28. The summed E-state index contributed by atoms with van der Waals surface area (Å²) >= 11 is 9.45. The minimum atomic E-state index is 0.282. The highest BCUT2D eigenvalue weighted by Crippen LogP contribution is 2.32. The summed E-state index contributed by atoms with van der Waals surface area (Å²) in [6, 6.07) is 13.0. The van der Waals surface area contributed by atoms with Gasteiger partial charge in [-0.1, -0.05) is 33.6 Å². The highest BCUT2D eigenvalue weighted by atomic mass is 79.9. The Morgan fingerprint density at radius 3 is 2.75 bits per heavy atom. The van der Waals surface area contributed by atoms with Gasteiger partial charge >= 0.3 is 0 Å². The fourth-order valence-electron chi connectivity index (χ4n) is 2.06. The largest absolute Gasteiger partial charge is 0.437 e. The molecule has 24 heavy (non-hydrogen) atoms. The first-order valence-electron chi connectivity index (χ1n) is 7.10. The fraction of sp³-hybridized carbons (Fsp3) is 0.0588. The van der Waals surface area contributed by atoms with Gasteiger partial charge in [-0.2, -0.15) is 4.98 Å². The lowest BCUT2D eigenvalue weighted by Crippen LogP contribution is -2.03. The van der Waals surface area contributed by atoms with E-state index in [1.54, 1.807) is 12.1 Å². The van der Waals surface area contributed by atoms with Crippen LogP contribution in [0.1, 0.15) is 5.56 Å². The van der Waals surface area contributed by atoms with E-state index in [1.165, 1.54) is 6.33 Å². The molecule has 0 aliphatic rings. The smallest absolute Gasteiger partial charge is 0.248 e. The Balaban J connectivity index is 1.86. The molecule has 5 nitrogen and oxygen atoms in total. The quantitative estimate of drug-likeness (QED) is 0.614. The van der Waals surface area contributed by atoms with Crippen molar-refractivity contribution in [1.29, 1.82) is 0 Å². The lowest BCUT2D eigenvalue weighted by molar-refractivity contribution is 0.464. The van der Waals surface area contributed by atoms with Crippen LogP contribution >= 0.6 is 27.5 Å². The molecule has 1 heterocycles. The second-order valence-corrected chi connectivity index (χ2v) is 6.41. The summed E-state index contributed by atoms with van der Waals surface area (Å²) in [6.45, 7) is 1.90. The van der Waals surface area contributed by atoms with Crippen LogP contribution in [0, 0.1) is 6.92 Å². The molecule has 0 aliphatic carbocycles. The summed E-state index contributed by atoms with van der Waals surface area (Å²) in [6.07, 6.45) is 1.40. The molecule has 3 aromatic rings. The Hall–Kier alpha value is -2.31. The van der Waals surface area contributed by atoms with Gasteiger partial charge in [0.25, 0.3) is 0 Å². The first-order valence-corrected chi connectivity index (χ1v) is 8.27. The SMILES string of the molecule is Cc1cc(Oc2ncnc(Nc3cccc(Br)c3)c2N)ccc1Cl. The minimum Gasteiger partial charge on any atom is -0.437 e. The molecule has 0 atom stereocenters. The van der Waals surface area contributed by atoms with Crippen molar-refractivity contribution in [2.24, 2.45) is 0 Å². The summed E-state index contributed by atoms with van der Waals surface area (Å²) < 4.78 is 6.72. The summed E-state index contributed by atoms with van der Waals surface area (Å²) in [7, 11) is 0. The van der Waals surface area contributed by atoms with Crippen LogP contribution in [0.5, 0.6) is 11.6 Å². The number of rotatable bonds is 4. The van der Waals surface area contributed by atoms with E-state index in [0.29, 0.717) is 22.3 Å². The molecule has 0 bridgehead atoms. The third kappa shape index (κ3) is 3.77. The lowest BCUT2D eigenvalue weighted by atomic mass is 10.2. The molecule has 1 aromatic heterocycles. The highest BCUT2D eigenvalue weighted by Gasteiger charge is 2.11. The first kappa shape index (κ1) is 16.5. The van der Waals surface area contributed by atoms with Gasteiger partial charge in [-0.3, -0.25) is 0 Å². The second kappa shape index (κ2) is 7.07. The third-order valence-electron chi connectivity index (χ3n) is 3.28. The Morgan fingerprint density at radius 2 is 2.00 bits per heavy atom. The molecule has 0 unspecified atom stereocenters. The maximum absolute atomic E-state index is 6.13. The third-order valence-corrected chi connectivity index (χ3v) is 4.20. The molecule has 3 N–H and O–H groups in total. The standard InChI is InChI=1S/C17H14BrClN4O/c1-10-7-13(5-6-14(10)19)24-17-15(20)16(21-9-22-17)23-12-4-2-3-11(18)8-12/h2-9H,20H2,1H3,(H,21,22,23). The van der Waals surface area contributed by atoms with Gasteiger partial charge in [0.2, 0.25) is 5.88 Å². The van der Waals surface area contributed by atoms with Gasteiger partial charge in [-0.25, -0.2) is 4.98 Å². The van der Waals surface area contributed by atoms with Gasteiger partial charge < -0.3 is 15.8 Å². The minimum absolute atomic E-state index is 0.282. The van der Waals surface area contributed by atoms with E-state index in [9.17, 15) is 0 Å². The molecule has 2 aromatic carbocycles. The van der Waals surface area contributed by atoms with Crippen LogP contribution < -0.4 is 15.8 Å². The molecule has 122 valence electrons. The van der Waals surface area contributed by atoms with E-state index in [1.807, 2.05) is 37.3 Å². The number of nitrogens with two attached hydrogens (primary N) is 1. The maximum atomic E-state index is 6.13. The number of hydrogen-bond donors (Lipinski definition) is 2. The van der Waals surface area contributed by atoms with E-state index in [0.717, 1.165) is 15.7 Å².